The molecule has 16 heavy (non-hydrogen) atoms. The van der Waals surface area contributed by atoms with Gasteiger partial charge >= 0.3 is 0 Å². The van der Waals surface area contributed by atoms with Crippen LogP contribution in [0.15, 0.2) is 43.0 Å². The summed E-state index contributed by atoms with van der Waals surface area (Å²) in [6.07, 6.45) is 7.39. The van der Waals surface area contributed by atoms with E-state index in [1.807, 2.05) is 37.8 Å². The standard InChI is InChI=1S/C13H15N3/c1-10-5-7-16-9-12(10)13(14-2)11-4-3-6-15-8-11/h3-9,13-14H,1-2H3. The zero-order chi connectivity index (χ0) is 11.4. The van der Waals surface area contributed by atoms with E-state index in [-0.39, 0.29) is 6.04 Å². The van der Waals surface area contributed by atoms with Gasteiger partial charge in [0.1, 0.15) is 0 Å². The molecule has 0 radical (unpaired) electrons. The Balaban J connectivity index is 2.41. The Bertz CT molecular complexity index is 454. The van der Waals surface area contributed by atoms with Gasteiger partial charge in [0.15, 0.2) is 0 Å². The van der Waals surface area contributed by atoms with Gasteiger partial charge in [-0.15, -0.1) is 0 Å². The highest BCUT2D eigenvalue weighted by atomic mass is 14.9. The lowest BCUT2D eigenvalue weighted by Crippen LogP contribution is -2.19. The maximum Gasteiger partial charge on any atom is 0.0607 e. The molecule has 0 saturated heterocycles. The van der Waals surface area contributed by atoms with Crippen LogP contribution in [0.2, 0.25) is 0 Å². The van der Waals surface area contributed by atoms with E-state index in [9.17, 15) is 0 Å². The molecule has 82 valence electrons. The molecule has 0 fully saturated rings. The van der Waals surface area contributed by atoms with E-state index in [1.165, 1.54) is 11.1 Å². The number of nitrogens with zero attached hydrogens (tertiary/aromatic N) is 2. The topological polar surface area (TPSA) is 37.8 Å². The lowest BCUT2D eigenvalue weighted by atomic mass is 9.98. The first-order chi connectivity index (χ1) is 7.83. The van der Waals surface area contributed by atoms with Crippen molar-refractivity contribution in [3.8, 4) is 0 Å². The van der Waals surface area contributed by atoms with Crippen LogP contribution in [0.3, 0.4) is 0 Å². The van der Waals surface area contributed by atoms with Crippen LogP contribution in [0, 0.1) is 6.92 Å². The quantitative estimate of drug-likeness (QED) is 0.848. The average molecular weight is 213 g/mol. The molecule has 0 spiro atoms. The Morgan fingerprint density at radius 1 is 1.12 bits per heavy atom. The molecule has 0 bridgehead atoms. The average Bonchev–Trinajstić information content (AvgIpc) is 2.34. The number of aromatic nitrogens is 2. The van der Waals surface area contributed by atoms with E-state index >= 15 is 0 Å². The molecule has 2 aromatic rings. The summed E-state index contributed by atoms with van der Waals surface area (Å²) in [7, 11) is 1.95. The van der Waals surface area contributed by atoms with Gasteiger partial charge in [0, 0.05) is 24.8 Å². The second-order valence-corrected chi connectivity index (χ2v) is 3.74. The monoisotopic (exact) mass is 213 g/mol. The van der Waals surface area contributed by atoms with Crippen LogP contribution in [-0.4, -0.2) is 17.0 Å². The van der Waals surface area contributed by atoms with Crippen molar-refractivity contribution in [2.45, 2.75) is 13.0 Å². The molecule has 2 aromatic heterocycles. The minimum absolute atomic E-state index is 0.155. The molecule has 2 heterocycles. The van der Waals surface area contributed by atoms with Crippen molar-refractivity contribution in [2.75, 3.05) is 7.05 Å². The zero-order valence-corrected chi connectivity index (χ0v) is 9.51. The van der Waals surface area contributed by atoms with Crippen LogP contribution in [-0.2, 0) is 0 Å². The summed E-state index contributed by atoms with van der Waals surface area (Å²) in [6.45, 7) is 2.09. The lowest BCUT2D eigenvalue weighted by Gasteiger charge is -2.18. The molecule has 3 nitrogen and oxygen atoms in total. The molecule has 1 atom stereocenters. The van der Waals surface area contributed by atoms with Crippen molar-refractivity contribution < 1.29 is 0 Å². The molecule has 0 aliphatic carbocycles. The largest absolute Gasteiger partial charge is 0.309 e. The fourth-order valence-corrected chi connectivity index (χ4v) is 1.83. The molecule has 1 N–H and O–H groups in total. The Hall–Kier alpha value is -1.74. The van der Waals surface area contributed by atoms with Crippen LogP contribution in [0.25, 0.3) is 0 Å². The van der Waals surface area contributed by atoms with E-state index in [1.54, 1.807) is 6.20 Å². The van der Waals surface area contributed by atoms with Gasteiger partial charge in [0.2, 0.25) is 0 Å². The summed E-state index contributed by atoms with van der Waals surface area (Å²) in [4.78, 5) is 8.33. The minimum atomic E-state index is 0.155. The first-order valence-corrected chi connectivity index (χ1v) is 5.30. The number of hydrogen-bond donors (Lipinski definition) is 1. The van der Waals surface area contributed by atoms with Gasteiger partial charge in [-0.3, -0.25) is 9.97 Å². The molecular weight excluding hydrogens is 198 g/mol. The fraction of sp³-hybridized carbons (Fsp3) is 0.231. The van der Waals surface area contributed by atoms with E-state index in [0.29, 0.717) is 0 Å². The van der Waals surface area contributed by atoms with Gasteiger partial charge in [0.05, 0.1) is 6.04 Å². The molecule has 0 aliphatic rings. The SMILES string of the molecule is CNC(c1cccnc1)c1cnccc1C. The highest BCUT2D eigenvalue weighted by molar-refractivity contribution is 5.33. The summed E-state index contributed by atoms with van der Waals surface area (Å²) >= 11 is 0. The van der Waals surface area contributed by atoms with E-state index < -0.39 is 0 Å². The first kappa shape index (κ1) is 10.8. The minimum Gasteiger partial charge on any atom is -0.309 e. The Morgan fingerprint density at radius 2 is 1.94 bits per heavy atom. The second-order valence-electron chi connectivity index (χ2n) is 3.74. The number of nitrogens with one attached hydrogen (secondary N) is 1. The maximum atomic E-state index is 4.18. The van der Waals surface area contributed by atoms with E-state index in [2.05, 4.69) is 28.3 Å². The fourth-order valence-electron chi connectivity index (χ4n) is 1.83. The first-order valence-electron chi connectivity index (χ1n) is 5.30. The zero-order valence-electron chi connectivity index (χ0n) is 9.51. The molecule has 2 rings (SSSR count). The van der Waals surface area contributed by atoms with Gasteiger partial charge in [-0.05, 0) is 42.8 Å². The third-order valence-corrected chi connectivity index (χ3v) is 2.70. The van der Waals surface area contributed by atoms with E-state index in [0.717, 1.165) is 5.56 Å². The van der Waals surface area contributed by atoms with Crippen LogP contribution in [0.1, 0.15) is 22.7 Å². The van der Waals surface area contributed by atoms with Gasteiger partial charge in [-0.1, -0.05) is 6.07 Å². The molecule has 0 aromatic carbocycles. The van der Waals surface area contributed by atoms with Gasteiger partial charge in [0.25, 0.3) is 0 Å². The molecular formula is C13H15N3. The van der Waals surface area contributed by atoms with Gasteiger partial charge in [-0.2, -0.15) is 0 Å². The predicted octanol–water partition coefficient (Wildman–Crippen LogP) is 2.09. The van der Waals surface area contributed by atoms with E-state index in [4.69, 9.17) is 0 Å². The van der Waals surface area contributed by atoms with Crippen LogP contribution < -0.4 is 5.32 Å². The van der Waals surface area contributed by atoms with Crippen LogP contribution in [0.5, 0.6) is 0 Å². The van der Waals surface area contributed by atoms with Crippen LogP contribution in [0.4, 0.5) is 0 Å². The molecule has 0 saturated carbocycles. The lowest BCUT2D eigenvalue weighted by molar-refractivity contribution is 0.681. The third kappa shape index (κ3) is 2.09. The van der Waals surface area contributed by atoms with Crippen molar-refractivity contribution in [3.63, 3.8) is 0 Å². The Labute approximate surface area is 95.6 Å². The maximum absolute atomic E-state index is 4.18. The van der Waals surface area contributed by atoms with Crippen LogP contribution >= 0.6 is 0 Å². The summed E-state index contributed by atoms with van der Waals surface area (Å²) in [5, 5.41) is 3.30. The van der Waals surface area contributed by atoms with Gasteiger partial charge in [-0.25, -0.2) is 0 Å². The number of aryl methyl sites for hydroxylation is 1. The normalized spacial score (nSPS) is 12.4. The molecule has 1 unspecified atom stereocenters. The summed E-state index contributed by atoms with van der Waals surface area (Å²) in [5.41, 5.74) is 3.58. The Kier molecular flexibility index (Phi) is 3.27. The molecule has 0 amide bonds. The summed E-state index contributed by atoms with van der Waals surface area (Å²) < 4.78 is 0. The molecule has 0 aliphatic heterocycles. The predicted molar refractivity (Wildman–Crippen MR) is 64.1 cm³/mol. The van der Waals surface area contributed by atoms with Crippen molar-refractivity contribution >= 4 is 0 Å². The number of hydrogen-bond acceptors (Lipinski definition) is 3. The van der Waals surface area contributed by atoms with Gasteiger partial charge < -0.3 is 5.32 Å². The van der Waals surface area contributed by atoms with Crippen molar-refractivity contribution in [1.82, 2.24) is 15.3 Å². The third-order valence-electron chi connectivity index (χ3n) is 2.70. The number of rotatable bonds is 3. The number of pyridine rings is 2. The highest BCUT2D eigenvalue weighted by Gasteiger charge is 2.13. The van der Waals surface area contributed by atoms with Crippen molar-refractivity contribution in [1.29, 1.82) is 0 Å². The van der Waals surface area contributed by atoms with Crippen molar-refractivity contribution in [2.24, 2.45) is 0 Å². The smallest absolute Gasteiger partial charge is 0.0607 e. The molecule has 3 heteroatoms. The Morgan fingerprint density at radius 3 is 2.56 bits per heavy atom. The summed E-state index contributed by atoms with van der Waals surface area (Å²) in [5.74, 6) is 0. The highest BCUT2D eigenvalue weighted by Crippen LogP contribution is 2.22. The second kappa shape index (κ2) is 4.86. The summed E-state index contributed by atoms with van der Waals surface area (Å²) in [6, 6.07) is 6.20. The van der Waals surface area contributed by atoms with Crippen molar-refractivity contribution in [3.05, 3.63) is 59.7 Å².